The van der Waals surface area contributed by atoms with Crippen LogP contribution in [0.15, 0.2) is 24.3 Å². The first-order valence-electron chi connectivity index (χ1n) is 9.89. The van der Waals surface area contributed by atoms with Gasteiger partial charge >= 0.3 is 0 Å². The molecule has 0 radical (unpaired) electrons. The number of methoxy groups -OCH3 is 1. The Kier molecular flexibility index (Phi) is 4.88. The van der Waals surface area contributed by atoms with Gasteiger partial charge < -0.3 is 15.0 Å². The molecule has 2 amide bonds. The van der Waals surface area contributed by atoms with E-state index in [9.17, 15) is 9.59 Å². The normalized spacial score (nSPS) is 24.7. The molecule has 2 aliphatic carbocycles. The first kappa shape index (κ1) is 17.4. The number of hydrogen-bond acceptors (Lipinski definition) is 3. The summed E-state index contributed by atoms with van der Waals surface area (Å²) in [4.78, 5) is 27.2. The van der Waals surface area contributed by atoms with Gasteiger partial charge in [-0.15, -0.1) is 0 Å². The Morgan fingerprint density at radius 1 is 1.15 bits per heavy atom. The molecule has 3 fully saturated rings. The summed E-state index contributed by atoms with van der Waals surface area (Å²) in [7, 11) is 1.66. The zero-order valence-corrected chi connectivity index (χ0v) is 15.4. The molecular weight excluding hydrogens is 328 g/mol. The minimum absolute atomic E-state index is 0.0339. The first-order chi connectivity index (χ1) is 12.7. The second-order valence-corrected chi connectivity index (χ2v) is 7.98. The van der Waals surface area contributed by atoms with E-state index in [1.165, 1.54) is 12.8 Å². The summed E-state index contributed by atoms with van der Waals surface area (Å²) in [5.41, 5.74) is 1.12. The molecule has 1 heterocycles. The average molecular weight is 356 g/mol. The number of nitrogens with one attached hydrogen (secondary N) is 1. The van der Waals surface area contributed by atoms with Crippen molar-refractivity contribution in [2.75, 3.05) is 13.7 Å². The number of ether oxygens (including phenoxy) is 1. The van der Waals surface area contributed by atoms with Crippen molar-refractivity contribution in [2.45, 2.75) is 57.0 Å². The van der Waals surface area contributed by atoms with Crippen molar-refractivity contribution in [3.8, 4) is 5.75 Å². The van der Waals surface area contributed by atoms with E-state index in [-0.39, 0.29) is 23.8 Å². The highest BCUT2D eigenvalue weighted by molar-refractivity contribution is 5.89. The van der Waals surface area contributed by atoms with Crippen LogP contribution in [-0.4, -0.2) is 36.4 Å². The number of hydrogen-bond donors (Lipinski definition) is 1. The van der Waals surface area contributed by atoms with Crippen LogP contribution in [0, 0.1) is 11.8 Å². The van der Waals surface area contributed by atoms with Crippen LogP contribution in [0.5, 0.6) is 5.75 Å². The Labute approximate surface area is 155 Å². The van der Waals surface area contributed by atoms with E-state index in [2.05, 4.69) is 5.32 Å². The predicted molar refractivity (Wildman–Crippen MR) is 98.7 cm³/mol. The lowest BCUT2D eigenvalue weighted by molar-refractivity contribution is -0.130. The van der Waals surface area contributed by atoms with Crippen LogP contribution in [0.4, 0.5) is 0 Å². The van der Waals surface area contributed by atoms with E-state index in [1.54, 1.807) is 7.11 Å². The van der Waals surface area contributed by atoms with E-state index >= 15 is 0 Å². The fraction of sp³-hybridized carbons (Fsp3) is 0.619. The molecule has 26 heavy (non-hydrogen) atoms. The summed E-state index contributed by atoms with van der Waals surface area (Å²) in [5, 5.41) is 3.25. The number of benzene rings is 1. The van der Waals surface area contributed by atoms with E-state index < -0.39 is 0 Å². The van der Waals surface area contributed by atoms with Gasteiger partial charge in [0.05, 0.1) is 19.1 Å². The molecule has 2 unspecified atom stereocenters. The number of nitrogens with zero attached hydrogens (tertiary/aromatic N) is 1. The zero-order chi connectivity index (χ0) is 18.1. The second kappa shape index (κ2) is 7.29. The average Bonchev–Trinajstić information content (AvgIpc) is 3.20. The smallest absolute Gasteiger partial charge is 0.225 e. The molecule has 3 aliphatic rings. The van der Waals surface area contributed by atoms with Crippen molar-refractivity contribution in [1.29, 1.82) is 0 Å². The van der Waals surface area contributed by atoms with Gasteiger partial charge in [0.15, 0.2) is 0 Å². The summed E-state index contributed by atoms with van der Waals surface area (Å²) in [6, 6.07) is 8.36. The van der Waals surface area contributed by atoms with Gasteiger partial charge in [0.1, 0.15) is 5.75 Å². The van der Waals surface area contributed by atoms with E-state index in [0.29, 0.717) is 24.9 Å². The van der Waals surface area contributed by atoms with Crippen molar-refractivity contribution in [3.05, 3.63) is 29.8 Å². The quantitative estimate of drug-likeness (QED) is 0.852. The van der Waals surface area contributed by atoms with E-state index in [1.807, 2.05) is 29.2 Å². The van der Waals surface area contributed by atoms with E-state index in [4.69, 9.17) is 4.74 Å². The molecule has 5 heteroatoms. The molecule has 2 atom stereocenters. The minimum Gasteiger partial charge on any atom is -0.497 e. The standard InChI is InChI=1S/C21H28N2O3/c1-26-18-10-8-15(9-11-18)20(14-6-7-14)22-21(25)16-12-19(24)23(13-16)17-4-2-3-5-17/h8-11,14,16-17,20H,2-7,12-13H2,1H3,(H,22,25). The highest BCUT2D eigenvalue weighted by Gasteiger charge is 2.41. The van der Waals surface area contributed by atoms with Crippen molar-refractivity contribution in [1.82, 2.24) is 10.2 Å². The Balaban J connectivity index is 1.41. The van der Waals surface area contributed by atoms with Crippen LogP contribution < -0.4 is 10.1 Å². The largest absolute Gasteiger partial charge is 0.497 e. The number of amides is 2. The van der Waals surface area contributed by atoms with Crippen LogP contribution in [0.2, 0.25) is 0 Å². The maximum Gasteiger partial charge on any atom is 0.225 e. The third-order valence-electron chi connectivity index (χ3n) is 6.16. The Hall–Kier alpha value is -2.04. The monoisotopic (exact) mass is 356 g/mol. The highest BCUT2D eigenvalue weighted by Crippen LogP contribution is 2.41. The highest BCUT2D eigenvalue weighted by atomic mass is 16.5. The van der Waals surface area contributed by atoms with Gasteiger partial charge in [-0.2, -0.15) is 0 Å². The number of rotatable bonds is 6. The van der Waals surface area contributed by atoms with Crippen LogP contribution in [-0.2, 0) is 9.59 Å². The topological polar surface area (TPSA) is 58.6 Å². The number of likely N-dealkylation sites (tertiary alicyclic amines) is 1. The maximum atomic E-state index is 12.9. The molecule has 1 aromatic carbocycles. The second-order valence-electron chi connectivity index (χ2n) is 7.98. The van der Waals surface area contributed by atoms with Crippen molar-refractivity contribution < 1.29 is 14.3 Å². The molecule has 4 rings (SSSR count). The SMILES string of the molecule is COc1ccc(C(NC(=O)C2CC(=O)N(C3CCCC3)C2)C2CC2)cc1. The zero-order valence-electron chi connectivity index (χ0n) is 15.4. The summed E-state index contributed by atoms with van der Waals surface area (Å²) in [6.07, 6.45) is 7.25. The Morgan fingerprint density at radius 3 is 2.46 bits per heavy atom. The first-order valence-corrected chi connectivity index (χ1v) is 9.89. The number of carbonyl (C=O) groups is 2. The molecule has 140 valence electrons. The fourth-order valence-electron chi connectivity index (χ4n) is 4.46. The van der Waals surface area contributed by atoms with Gasteiger partial charge in [-0.05, 0) is 49.3 Å². The van der Waals surface area contributed by atoms with Crippen LogP contribution >= 0.6 is 0 Å². The van der Waals surface area contributed by atoms with Crippen molar-refractivity contribution in [3.63, 3.8) is 0 Å². The Morgan fingerprint density at radius 2 is 1.85 bits per heavy atom. The van der Waals surface area contributed by atoms with Crippen LogP contribution in [0.3, 0.4) is 0 Å². The minimum atomic E-state index is -0.206. The van der Waals surface area contributed by atoms with Gasteiger partial charge in [-0.1, -0.05) is 25.0 Å². The summed E-state index contributed by atoms with van der Waals surface area (Å²) in [6.45, 7) is 0.593. The molecule has 0 bridgehead atoms. The third kappa shape index (κ3) is 3.57. The molecule has 0 aromatic heterocycles. The third-order valence-corrected chi connectivity index (χ3v) is 6.16. The molecule has 5 nitrogen and oxygen atoms in total. The van der Waals surface area contributed by atoms with Gasteiger partial charge in [0, 0.05) is 19.0 Å². The lowest BCUT2D eigenvalue weighted by Gasteiger charge is -2.25. The van der Waals surface area contributed by atoms with Crippen LogP contribution in [0.25, 0.3) is 0 Å². The Bertz CT molecular complexity index is 662. The molecule has 1 aliphatic heterocycles. The molecule has 1 aromatic rings. The van der Waals surface area contributed by atoms with Gasteiger partial charge in [0.25, 0.3) is 0 Å². The number of carbonyl (C=O) groups excluding carboxylic acids is 2. The van der Waals surface area contributed by atoms with Crippen molar-refractivity contribution in [2.24, 2.45) is 11.8 Å². The molecule has 1 N–H and O–H groups in total. The molecule has 2 saturated carbocycles. The molecular formula is C21H28N2O3. The fourth-order valence-corrected chi connectivity index (χ4v) is 4.46. The van der Waals surface area contributed by atoms with Gasteiger partial charge in [-0.25, -0.2) is 0 Å². The molecule has 1 saturated heterocycles. The van der Waals surface area contributed by atoms with Crippen molar-refractivity contribution >= 4 is 11.8 Å². The van der Waals surface area contributed by atoms with Gasteiger partial charge in [0.2, 0.25) is 11.8 Å². The van der Waals surface area contributed by atoms with E-state index in [0.717, 1.165) is 37.0 Å². The summed E-state index contributed by atoms with van der Waals surface area (Å²) < 4.78 is 5.23. The summed E-state index contributed by atoms with van der Waals surface area (Å²) >= 11 is 0. The summed E-state index contributed by atoms with van der Waals surface area (Å²) in [5.74, 6) is 1.32. The lowest BCUT2D eigenvalue weighted by Crippen LogP contribution is -2.38. The maximum absolute atomic E-state index is 12.9. The lowest BCUT2D eigenvalue weighted by atomic mass is 10.00. The predicted octanol–water partition coefficient (Wildman–Crippen LogP) is 3.05. The molecule has 0 spiro atoms. The van der Waals surface area contributed by atoms with Gasteiger partial charge in [-0.3, -0.25) is 9.59 Å². The van der Waals surface area contributed by atoms with Crippen LogP contribution in [0.1, 0.15) is 56.6 Å².